The molecule has 1 aliphatic rings. The molecule has 1 aliphatic carbocycles. The SMILES string of the molecule is CN(C)C(=O)c1ccc2cc(C(=O)Nc3ccc(Cl)cn3)oc2c1N(C(=O)C1CCCCC1)N(C)C(=O)CO. The predicted octanol–water partition coefficient (Wildman–Crippen LogP) is 3.71. The monoisotopic (exact) mass is 555 g/mol. The van der Waals surface area contributed by atoms with E-state index in [2.05, 4.69) is 10.3 Å². The summed E-state index contributed by atoms with van der Waals surface area (Å²) in [6.07, 6.45) is 5.37. The molecule has 0 radical (unpaired) electrons. The van der Waals surface area contributed by atoms with Gasteiger partial charge in [-0.05, 0) is 37.1 Å². The lowest BCUT2D eigenvalue weighted by molar-refractivity contribution is -0.139. The van der Waals surface area contributed by atoms with Gasteiger partial charge in [0.05, 0.1) is 10.6 Å². The molecule has 1 saturated carbocycles. The quantitative estimate of drug-likeness (QED) is 0.442. The number of aliphatic hydroxyl groups is 1. The van der Waals surface area contributed by atoms with Crippen molar-refractivity contribution >= 4 is 57.7 Å². The van der Waals surface area contributed by atoms with Gasteiger partial charge >= 0.3 is 0 Å². The van der Waals surface area contributed by atoms with Crippen LogP contribution in [0.5, 0.6) is 0 Å². The number of rotatable bonds is 6. The first-order valence-corrected chi connectivity index (χ1v) is 12.9. The summed E-state index contributed by atoms with van der Waals surface area (Å²) in [6, 6.07) is 7.71. The minimum atomic E-state index is -0.849. The van der Waals surface area contributed by atoms with Gasteiger partial charge in [-0.2, -0.15) is 0 Å². The van der Waals surface area contributed by atoms with Crippen LogP contribution in [0.1, 0.15) is 53.0 Å². The van der Waals surface area contributed by atoms with E-state index in [4.69, 9.17) is 16.0 Å². The van der Waals surface area contributed by atoms with Gasteiger partial charge in [-0.15, -0.1) is 0 Å². The van der Waals surface area contributed by atoms with Crippen LogP contribution in [0.2, 0.25) is 5.02 Å². The minimum absolute atomic E-state index is 0.0229. The number of benzene rings is 1. The second kappa shape index (κ2) is 11.8. The van der Waals surface area contributed by atoms with E-state index < -0.39 is 30.2 Å². The first kappa shape index (κ1) is 28.1. The number of fused-ring (bicyclic) bond motifs is 1. The first-order valence-electron chi connectivity index (χ1n) is 12.5. The summed E-state index contributed by atoms with van der Waals surface area (Å²) in [5.74, 6) is -2.44. The van der Waals surface area contributed by atoms with Crippen LogP contribution in [-0.2, 0) is 9.59 Å². The van der Waals surface area contributed by atoms with E-state index in [0.29, 0.717) is 23.3 Å². The van der Waals surface area contributed by atoms with Gasteiger partial charge in [0.25, 0.3) is 17.7 Å². The highest BCUT2D eigenvalue weighted by Gasteiger charge is 2.36. The maximum absolute atomic E-state index is 13.9. The molecule has 12 heteroatoms. The lowest BCUT2D eigenvalue weighted by Gasteiger charge is -2.36. The Bertz CT molecular complexity index is 1400. The molecule has 0 spiro atoms. The van der Waals surface area contributed by atoms with Crippen molar-refractivity contribution in [2.45, 2.75) is 32.1 Å². The number of aliphatic hydroxyl groups excluding tert-OH is 1. The molecule has 2 heterocycles. The number of aromatic nitrogens is 1. The molecule has 1 aromatic carbocycles. The van der Waals surface area contributed by atoms with E-state index in [1.165, 1.54) is 36.3 Å². The highest BCUT2D eigenvalue weighted by atomic mass is 35.5. The summed E-state index contributed by atoms with van der Waals surface area (Å²) in [5, 5.41) is 15.2. The first-order chi connectivity index (χ1) is 18.6. The maximum atomic E-state index is 13.9. The molecule has 1 fully saturated rings. The number of furan rings is 1. The van der Waals surface area contributed by atoms with Crippen LogP contribution >= 0.6 is 11.6 Å². The molecular weight excluding hydrogens is 526 g/mol. The third-order valence-corrected chi connectivity index (χ3v) is 6.88. The lowest BCUT2D eigenvalue weighted by atomic mass is 9.88. The summed E-state index contributed by atoms with van der Waals surface area (Å²) < 4.78 is 5.98. The van der Waals surface area contributed by atoms with Crippen molar-refractivity contribution in [3.05, 3.63) is 52.9 Å². The molecule has 2 aromatic heterocycles. The summed E-state index contributed by atoms with van der Waals surface area (Å²) in [6.45, 7) is -0.849. The second-order valence-corrected chi connectivity index (χ2v) is 10.0. The number of pyridine rings is 1. The van der Waals surface area contributed by atoms with Crippen LogP contribution < -0.4 is 10.3 Å². The largest absolute Gasteiger partial charge is 0.449 e. The number of nitrogens with zero attached hydrogens (tertiary/aromatic N) is 4. The normalized spacial score (nSPS) is 13.7. The predicted molar refractivity (Wildman–Crippen MR) is 145 cm³/mol. The topological polar surface area (TPSA) is 136 Å². The average Bonchev–Trinajstić information content (AvgIpc) is 3.39. The highest BCUT2D eigenvalue weighted by molar-refractivity contribution is 6.30. The van der Waals surface area contributed by atoms with Gasteiger partial charge in [0.15, 0.2) is 11.3 Å². The van der Waals surface area contributed by atoms with Crippen molar-refractivity contribution in [1.29, 1.82) is 0 Å². The van der Waals surface area contributed by atoms with Crippen molar-refractivity contribution in [3.63, 3.8) is 0 Å². The Morgan fingerprint density at radius 1 is 1.08 bits per heavy atom. The van der Waals surface area contributed by atoms with Crippen LogP contribution in [0, 0.1) is 5.92 Å². The highest BCUT2D eigenvalue weighted by Crippen LogP contribution is 2.37. The van der Waals surface area contributed by atoms with Gasteiger partial charge in [0.2, 0.25) is 5.91 Å². The van der Waals surface area contributed by atoms with Crippen molar-refractivity contribution in [2.75, 3.05) is 38.1 Å². The zero-order chi connectivity index (χ0) is 28.3. The summed E-state index contributed by atoms with van der Waals surface area (Å²) in [7, 11) is 4.48. The van der Waals surface area contributed by atoms with Crippen LogP contribution in [0.25, 0.3) is 11.0 Å². The number of halogens is 1. The smallest absolute Gasteiger partial charge is 0.292 e. The van der Waals surface area contributed by atoms with Gasteiger partial charge < -0.3 is 19.7 Å². The van der Waals surface area contributed by atoms with E-state index >= 15 is 0 Å². The standard InChI is InChI=1S/C27H30ClN5O6/c1-31(2)27(38)19-11-9-17-13-20(25(36)30-21-12-10-18(28)14-29-21)39-24(17)23(19)33(32(3)22(35)15-34)26(37)16-7-5-4-6-8-16/h9-14,16,34H,4-8,15H2,1-3H3,(H,29,30,36). The Balaban J connectivity index is 1.87. The summed E-state index contributed by atoms with van der Waals surface area (Å²) in [4.78, 5) is 58.3. The third kappa shape index (κ3) is 5.89. The summed E-state index contributed by atoms with van der Waals surface area (Å²) >= 11 is 5.87. The van der Waals surface area contributed by atoms with Crippen LogP contribution in [0.3, 0.4) is 0 Å². The molecule has 39 heavy (non-hydrogen) atoms. The Kier molecular flexibility index (Phi) is 8.51. The molecule has 0 bridgehead atoms. The van der Waals surface area contributed by atoms with Crippen molar-refractivity contribution in [2.24, 2.45) is 5.92 Å². The molecule has 0 aliphatic heterocycles. The lowest BCUT2D eigenvalue weighted by Crippen LogP contribution is -2.52. The van der Waals surface area contributed by atoms with Crippen LogP contribution in [-0.4, -0.2) is 71.4 Å². The zero-order valence-corrected chi connectivity index (χ0v) is 22.7. The number of carbonyl (C=O) groups is 4. The van der Waals surface area contributed by atoms with E-state index in [1.54, 1.807) is 26.2 Å². The van der Waals surface area contributed by atoms with Gasteiger partial charge in [-0.1, -0.05) is 36.9 Å². The van der Waals surface area contributed by atoms with Crippen LogP contribution in [0.15, 0.2) is 40.9 Å². The van der Waals surface area contributed by atoms with E-state index in [0.717, 1.165) is 29.3 Å². The maximum Gasteiger partial charge on any atom is 0.292 e. The van der Waals surface area contributed by atoms with E-state index in [-0.39, 0.29) is 34.3 Å². The number of anilines is 2. The fourth-order valence-electron chi connectivity index (χ4n) is 4.60. The molecule has 0 atom stereocenters. The van der Waals surface area contributed by atoms with Gasteiger partial charge in [0, 0.05) is 38.6 Å². The molecule has 0 saturated heterocycles. The molecule has 3 aromatic rings. The molecule has 4 amide bonds. The molecular formula is C27H30ClN5O6. The van der Waals surface area contributed by atoms with Crippen molar-refractivity contribution in [1.82, 2.24) is 14.9 Å². The van der Waals surface area contributed by atoms with Gasteiger partial charge in [-0.3, -0.25) is 19.2 Å². The number of amides is 4. The number of likely N-dealkylation sites (N-methyl/N-ethyl adjacent to an activating group) is 1. The average molecular weight is 556 g/mol. The van der Waals surface area contributed by atoms with E-state index in [1.807, 2.05) is 0 Å². The summed E-state index contributed by atoms with van der Waals surface area (Å²) in [5.41, 5.74) is 0.184. The number of hydrogen-bond donors (Lipinski definition) is 2. The molecule has 2 N–H and O–H groups in total. The Hall–Kier alpha value is -3.96. The molecule has 206 valence electrons. The second-order valence-electron chi connectivity index (χ2n) is 9.57. The molecule has 0 unspecified atom stereocenters. The fourth-order valence-corrected chi connectivity index (χ4v) is 4.71. The zero-order valence-electron chi connectivity index (χ0n) is 21.9. The fraction of sp³-hybridized carbons (Fsp3) is 0.370. The number of carbonyl (C=O) groups excluding carboxylic acids is 4. The van der Waals surface area contributed by atoms with E-state index in [9.17, 15) is 24.3 Å². The Morgan fingerprint density at radius 3 is 2.41 bits per heavy atom. The third-order valence-electron chi connectivity index (χ3n) is 6.66. The van der Waals surface area contributed by atoms with Gasteiger partial charge in [0.1, 0.15) is 18.1 Å². The Morgan fingerprint density at radius 2 is 1.79 bits per heavy atom. The van der Waals surface area contributed by atoms with Crippen molar-refractivity contribution < 1.29 is 28.7 Å². The number of hydrazine groups is 1. The minimum Gasteiger partial charge on any atom is -0.449 e. The molecule has 11 nitrogen and oxygen atoms in total. The van der Waals surface area contributed by atoms with Crippen molar-refractivity contribution in [3.8, 4) is 0 Å². The number of nitrogens with one attached hydrogen (secondary N) is 1. The molecule has 4 rings (SSSR count). The van der Waals surface area contributed by atoms with Crippen LogP contribution in [0.4, 0.5) is 11.5 Å². The Labute approximate surface area is 230 Å². The van der Waals surface area contributed by atoms with Gasteiger partial charge in [-0.25, -0.2) is 15.0 Å². The number of hydrogen-bond acceptors (Lipinski definition) is 7.